The molecule has 33 heavy (non-hydrogen) atoms. The highest BCUT2D eigenvalue weighted by Crippen LogP contribution is 2.28. The van der Waals surface area contributed by atoms with E-state index in [4.69, 9.17) is 13.7 Å². The topological polar surface area (TPSA) is 103 Å². The van der Waals surface area contributed by atoms with Gasteiger partial charge in [0, 0.05) is 5.56 Å². The van der Waals surface area contributed by atoms with Gasteiger partial charge in [0.05, 0.1) is 13.3 Å². The van der Waals surface area contributed by atoms with E-state index in [-0.39, 0.29) is 10.6 Å². The van der Waals surface area contributed by atoms with E-state index in [1.807, 2.05) is 0 Å². The van der Waals surface area contributed by atoms with Crippen molar-refractivity contribution >= 4 is 22.2 Å². The lowest BCUT2D eigenvalue weighted by Gasteiger charge is -2.10. The summed E-state index contributed by atoms with van der Waals surface area (Å²) >= 11 is 0. The summed E-state index contributed by atoms with van der Waals surface area (Å²) in [6.07, 6.45) is 2.98. The van der Waals surface area contributed by atoms with Crippen molar-refractivity contribution in [3.8, 4) is 17.2 Å². The van der Waals surface area contributed by atoms with Crippen LogP contribution in [0, 0.1) is 0 Å². The van der Waals surface area contributed by atoms with Gasteiger partial charge in [-0.2, -0.15) is 13.5 Å². The number of amides is 1. The highest BCUT2D eigenvalue weighted by Gasteiger charge is 2.16. The van der Waals surface area contributed by atoms with Crippen molar-refractivity contribution in [3.05, 3.63) is 96.6 Å². The summed E-state index contributed by atoms with van der Waals surface area (Å²) in [5.74, 6) is 0.547. The number of hydrogen-bond donors (Lipinski definition) is 1. The first-order valence-electron chi connectivity index (χ1n) is 9.77. The van der Waals surface area contributed by atoms with Crippen LogP contribution in [0.3, 0.4) is 0 Å². The molecule has 1 amide bonds. The number of nitrogens with zero attached hydrogens (tertiary/aromatic N) is 1. The molecule has 0 aromatic heterocycles. The van der Waals surface area contributed by atoms with E-state index in [0.29, 0.717) is 29.2 Å². The molecular weight excluding hydrogens is 444 g/mol. The summed E-state index contributed by atoms with van der Waals surface area (Å²) in [6, 6.07) is 18.9. The maximum atomic E-state index is 12.4. The van der Waals surface area contributed by atoms with E-state index < -0.39 is 16.0 Å². The molecule has 0 fully saturated rings. The molecule has 0 atom stereocenters. The molecule has 9 heteroatoms. The number of hydrazone groups is 1. The number of ether oxygens (including phenoxy) is 2. The molecule has 0 spiro atoms. The van der Waals surface area contributed by atoms with Gasteiger partial charge in [-0.3, -0.25) is 4.79 Å². The summed E-state index contributed by atoms with van der Waals surface area (Å²) in [6.45, 7) is 3.90. The third-order valence-electron chi connectivity index (χ3n) is 4.26. The normalized spacial score (nSPS) is 11.1. The van der Waals surface area contributed by atoms with Crippen molar-refractivity contribution in [2.75, 3.05) is 13.7 Å². The summed E-state index contributed by atoms with van der Waals surface area (Å²) < 4.78 is 40.6. The second-order valence-corrected chi connectivity index (χ2v) is 8.13. The third-order valence-corrected chi connectivity index (χ3v) is 5.52. The maximum Gasteiger partial charge on any atom is 0.339 e. The zero-order valence-electron chi connectivity index (χ0n) is 17.8. The predicted molar refractivity (Wildman–Crippen MR) is 124 cm³/mol. The van der Waals surface area contributed by atoms with Crippen molar-refractivity contribution in [2.45, 2.75) is 4.90 Å². The minimum atomic E-state index is -3.96. The van der Waals surface area contributed by atoms with Crippen LogP contribution in [0.1, 0.15) is 15.9 Å². The van der Waals surface area contributed by atoms with Crippen molar-refractivity contribution in [2.24, 2.45) is 5.10 Å². The molecule has 8 nitrogen and oxygen atoms in total. The van der Waals surface area contributed by atoms with Crippen molar-refractivity contribution in [1.82, 2.24) is 5.43 Å². The van der Waals surface area contributed by atoms with Crippen LogP contribution in [0.4, 0.5) is 0 Å². The average Bonchev–Trinajstić information content (AvgIpc) is 2.83. The Morgan fingerprint density at radius 1 is 1.03 bits per heavy atom. The zero-order chi connectivity index (χ0) is 23.7. The largest absolute Gasteiger partial charge is 0.493 e. The second kappa shape index (κ2) is 11.0. The van der Waals surface area contributed by atoms with Crippen LogP contribution >= 0.6 is 0 Å². The lowest BCUT2D eigenvalue weighted by molar-refractivity contribution is 0.0954. The number of carbonyl (C=O) groups is 1. The van der Waals surface area contributed by atoms with Gasteiger partial charge in [-0.05, 0) is 48.0 Å². The van der Waals surface area contributed by atoms with Crippen LogP contribution in [0.25, 0.3) is 0 Å². The number of nitrogens with one attached hydrogen (secondary N) is 1. The van der Waals surface area contributed by atoms with Crippen molar-refractivity contribution in [1.29, 1.82) is 0 Å². The maximum absolute atomic E-state index is 12.4. The molecule has 0 bridgehead atoms. The summed E-state index contributed by atoms with van der Waals surface area (Å²) in [4.78, 5) is 12.4. The van der Waals surface area contributed by atoms with E-state index in [1.165, 1.54) is 43.7 Å². The Bertz CT molecular complexity index is 1260. The Kier molecular flexibility index (Phi) is 7.82. The molecule has 170 valence electrons. The van der Waals surface area contributed by atoms with Crippen LogP contribution in [0.15, 0.2) is 95.4 Å². The Labute approximate surface area is 192 Å². The fraction of sp³-hybridized carbons (Fsp3) is 0.0833. The zero-order valence-corrected chi connectivity index (χ0v) is 18.6. The smallest absolute Gasteiger partial charge is 0.339 e. The van der Waals surface area contributed by atoms with Crippen LogP contribution < -0.4 is 19.1 Å². The van der Waals surface area contributed by atoms with Gasteiger partial charge in [-0.15, -0.1) is 0 Å². The minimum Gasteiger partial charge on any atom is -0.493 e. The van der Waals surface area contributed by atoms with E-state index in [2.05, 4.69) is 17.1 Å². The third kappa shape index (κ3) is 6.44. The molecule has 1 N–H and O–H groups in total. The first-order valence-corrected chi connectivity index (χ1v) is 11.2. The van der Waals surface area contributed by atoms with E-state index >= 15 is 0 Å². The Hall–Kier alpha value is -4.11. The molecule has 0 saturated heterocycles. The number of rotatable bonds is 10. The van der Waals surface area contributed by atoms with Crippen molar-refractivity contribution < 1.29 is 26.9 Å². The molecule has 0 unspecified atom stereocenters. The van der Waals surface area contributed by atoms with Crippen LogP contribution in [-0.4, -0.2) is 34.3 Å². The number of carbonyl (C=O) groups excluding carboxylic acids is 1. The van der Waals surface area contributed by atoms with Gasteiger partial charge in [0.15, 0.2) is 11.5 Å². The molecule has 3 aromatic rings. The highest BCUT2D eigenvalue weighted by molar-refractivity contribution is 7.87. The molecule has 0 saturated carbocycles. The summed E-state index contributed by atoms with van der Waals surface area (Å²) in [7, 11) is -2.48. The molecule has 3 aromatic carbocycles. The quantitative estimate of drug-likeness (QED) is 0.211. The van der Waals surface area contributed by atoms with E-state index in [1.54, 1.807) is 48.5 Å². The lowest BCUT2D eigenvalue weighted by Crippen LogP contribution is -2.17. The first-order chi connectivity index (χ1) is 15.9. The van der Waals surface area contributed by atoms with E-state index in [0.717, 1.165) is 0 Å². The fourth-order valence-corrected chi connectivity index (χ4v) is 3.66. The molecule has 0 aliphatic heterocycles. The molecule has 0 aliphatic rings. The summed E-state index contributed by atoms with van der Waals surface area (Å²) in [5.41, 5.74) is 3.26. The van der Waals surface area contributed by atoms with Gasteiger partial charge in [0.25, 0.3) is 5.91 Å². The first kappa shape index (κ1) is 23.6. The van der Waals surface area contributed by atoms with Crippen LogP contribution in [0.2, 0.25) is 0 Å². The standard InChI is InChI=1S/C24H22N2O6S/c1-3-14-31-22-13-12-19(16-23(22)30-2)24(27)26-25-17-18-8-7-9-20(15-18)32-33(28,29)21-10-5-4-6-11-21/h3-13,15-17H,1,14H2,2H3,(H,26,27)/b25-17+. The highest BCUT2D eigenvalue weighted by atomic mass is 32.2. The van der Waals surface area contributed by atoms with Gasteiger partial charge >= 0.3 is 10.1 Å². The van der Waals surface area contributed by atoms with Gasteiger partial charge < -0.3 is 13.7 Å². The fourth-order valence-electron chi connectivity index (χ4n) is 2.72. The summed E-state index contributed by atoms with van der Waals surface area (Å²) in [5, 5.41) is 3.93. The molecular formula is C24H22N2O6S. The average molecular weight is 467 g/mol. The van der Waals surface area contributed by atoms with Gasteiger partial charge in [0.2, 0.25) is 0 Å². The Balaban J connectivity index is 1.66. The van der Waals surface area contributed by atoms with Crippen LogP contribution in [0.5, 0.6) is 17.2 Å². The predicted octanol–water partition coefficient (Wildman–Crippen LogP) is 3.79. The number of benzene rings is 3. The molecule has 0 radical (unpaired) electrons. The minimum absolute atomic E-state index is 0.0488. The monoisotopic (exact) mass is 466 g/mol. The van der Waals surface area contributed by atoms with Gasteiger partial charge in [0.1, 0.15) is 17.3 Å². The lowest BCUT2D eigenvalue weighted by atomic mass is 10.2. The molecule has 0 aliphatic carbocycles. The van der Waals surface area contributed by atoms with Gasteiger partial charge in [-0.25, -0.2) is 5.43 Å². The molecule has 0 heterocycles. The van der Waals surface area contributed by atoms with Crippen molar-refractivity contribution in [3.63, 3.8) is 0 Å². The second-order valence-electron chi connectivity index (χ2n) is 6.59. The number of hydrogen-bond acceptors (Lipinski definition) is 7. The SMILES string of the molecule is C=CCOc1ccc(C(=O)N/N=C/c2cccc(OS(=O)(=O)c3ccccc3)c2)cc1OC. The Morgan fingerprint density at radius 2 is 1.82 bits per heavy atom. The van der Waals surface area contributed by atoms with E-state index in [9.17, 15) is 13.2 Å². The molecule has 3 rings (SSSR count). The Morgan fingerprint density at radius 3 is 2.55 bits per heavy atom. The van der Waals surface area contributed by atoms with Crippen LogP contribution in [-0.2, 0) is 10.1 Å². The van der Waals surface area contributed by atoms with Gasteiger partial charge in [-0.1, -0.05) is 43.0 Å². The number of methoxy groups -OCH3 is 1.